The molecule has 8 nitrogen and oxygen atoms in total. The highest BCUT2D eigenvalue weighted by Gasteiger charge is 2.56. The quantitative estimate of drug-likeness (QED) is 0.660. The largest absolute Gasteiger partial charge is 0.325 e. The molecule has 1 aliphatic heterocycles. The summed E-state index contributed by atoms with van der Waals surface area (Å²) in [6.07, 6.45) is 2.19. The van der Waals surface area contributed by atoms with Crippen molar-refractivity contribution in [3.8, 4) is 0 Å². The topological polar surface area (TPSA) is 104 Å². The number of benzene rings is 1. The SMILES string of the molecule is CC1CC(C)(C)CC2(C1)NC(=O)N(CC(=O)Nc1ccc(Sc3nncs3)cc1)C2=O. The summed E-state index contributed by atoms with van der Waals surface area (Å²) < 4.78 is 0.837. The van der Waals surface area contributed by atoms with Gasteiger partial charge in [0, 0.05) is 10.6 Å². The van der Waals surface area contributed by atoms with Crippen LogP contribution in [-0.2, 0) is 9.59 Å². The maximum atomic E-state index is 13.2. The van der Waals surface area contributed by atoms with Crippen molar-refractivity contribution in [1.82, 2.24) is 20.4 Å². The minimum Gasteiger partial charge on any atom is -0.325 e. The van der Waals surface area contributed by atoms with Crippen molar-refractivity contribution in [2.75, 3.05) is 11.9 Å². The first-order valence-corrected chi connectivity index (χ1v) is 11.8. The maximum Gasteiger partial charge on any atom is 0.325 e. The van der Waals surface area contributed by atoms with Gasteiger partial charge in [0.15, 0.2) is 4.34 Å². The smallest absolute Gasteiger partial charge is 0.325 e. The Balaban J connectivity index is 1.38. The molecule has 31 heavy (non-hydrogen) atoms. The first-order valence-electron chi connectivity index (χ1n) is 10.1. The molecule has 2 N–H and O–H groups in total. The monoisotopic (exact) mass is 459 g/mol. The van der Waals surface area contributed by atoms with Gasteiger partial charge in [-0.2, -0.15) is 0 Å². The van der Waals surface area contributed by atoms with E-state index in [0.717, 1.165) is 20.6 Å². The number of amides is 4. The van der Waals surface area contributed by atoms with Gasteiger partial charge < -0.3 is 10.6 Å². The van der Waals surface area contributed by atoms with Gasteiger partial charge in [0.2, 0.25) is 5.91 Å². The zero-order valence-electron chi connectivity index (χ0n) is 17.7. The zero-order valence-corrected chi connectivity index (χ0v) is 19.3. The Morgan fingerprint density at radius 3 is 2.68 bits per heavy atom. The summed E-state index contributed by atoms with van der Waals surface area (Å²) in [6.45, 7) is 6.03. The molecule has 2 atom stereocenters. The molecule has 2 unspecified atom stereocenters. The second-order valence-corrected chi connectivity index (χ2v) is 11.3. The van der Waals surface area contributed by atoms with E-state index in [4.69, 9.17) is 0 Å². The molecule has 164 valence electrons. The number of aromatic nitrogens is 2. The standard InChI is InChI=1S/C21H25N5O3S2/c1-13-8-20(2,3)11-21(9-13)17(28)26(18(29)24-21)10-16(27)23-14-4-6-15(7-5-14)31-19-25-22-12-30-19/h4-7,12-13H,8-11H2,1-3H3,(H,23,27)(H,24,29). The lowest BCUT2D eigenvalue weighted by Gasteiger charge is -2.43. The van der Waals surface area contributed by atoms with Crippen LogP contribution in [0.2, 0.25) is 0 Å². The van der Waals surface area contributed by atoms with E-state index < -0.39 is 17.5 Å². The highest BCUT2D eigenvalue weighted by molar-refractivity contribution is 8.01. The van der Waals surface area contributed by atoms with E-state index >= 15 is 0 Å². The molecule has 2 fully saturated rings. The highest BCUT2D eigenvalue weighted by Crippen LogP contribution is 2.46. The lowest BCUT2D eigenvalue weighted by molar-refractivity contribution is -0.136. The summed E-state index contributed by atoms with van der Waals surface area (Å²) in [4.78, 5) is 40.3. The normalized spacial score (nSPS) is 25.0. The fourth-order valence-electron chi connectivity index (χ4n) is 4.91. The molecule has 1 aromatic heterocycles. The van der Waals surface area contributed by atoms with Gasteiger partial charge >= 0.3 is 6.03 Å². The molecule has 2 heterocycles. The predicted octanol–water partition coefficient (Wildman–Crippen LogP) is 3.76. The van der Waals surface area contributed by atoms with Crippen molar-refractivity contribution in [2.24, 2.45) is 11.3 Å². The Kier molecular flexibility index (Phi) is 5.78. The van der Waals surface area contributed by atoms with Crippen LogP contribution in [0.15, 0.2) is 39.0 Å². The molecule has 2 aliphatic rings. The molecule has 0 bridgehead atoms. The molecule has 10 heteroatoms. The summed E-state index contributed by atoms with van der Waals surface area (Å²) in [5.74, 6) is -0.386. The minimum atomic E-state index is -0.901. The fourth-order valence-corrected chi connectivity index (χ4v) is 6.36. The van der Waals surface area contributed by atoms with E-state index in [1.807, 2.05) is 12.1 Å². The van der Waals surface area contributed by atoms with Gasteiger partial charge in [0.25, 0.3) is 5.91 Å². The second kappa shape index (κ2) is 8.23. The molecular weight excluding hydrogens is 434 g/mol. The molecular formula is C21H25N5O3S2. The predicted molar refractivity (Wildman–Crippen MR) is 119 cm³/mol. The lowest BCUT2D eigenvalue weighted by atomic mass is 9.64. The average Bonchev–Trinajstić information content (AvgIpc) is 3.24. The fraction of sp³-hybridized carbons (Fsp3) is 0.476. The number of carbonyl (C=O) groups is 3. The Morgan fingerprint density at radius 1 is 1.29 bits per heavy atom. The van der Waals surface area contributed by atoms with E-state index in [2.05, 4.69) is 41.6 Å². The van der Waals surface area contributed by atoms with Crippen LogP contribution in [0.3, 0.4) is 0 Å². The Hall–Kier alpha value is -2.46. The van der Waals surface area contributed by atoms with Crippen LogP contribution in [0.4, 0.5) is 10.5 Å². The van der Waals surface area contributed by atoms with E-state index in [1.165, 1.54) is 23.1 Å². The molecule has 4 rings (SSSR count). The van der Waals surface area contributed by atoms with Crippen molar-refractivity contribution in [2.45, 2.75) is 54.8 Å². The van der Waals surface area contributed by atoms with Crippen molar-refractivity contribution in [1.29, 1.82) is 0 Å². The summed E-state index contributed by atoms with van der Waals surface area (Å²) in [5.41, 5.74) is 1.32. The van der Waals surface area contributed by atoms with E-state index in [-0.39, 0.29) is 17.9 Å². The number of hydrogen-bond acceptors (Lipinski definition) is 7. The first-order chi connectivity index (χ1) is 14.7. The van der Waals surface area contributed by atoms with E-state index in [0.29, 0.717) is 24.4 Å². The van der Waals surface area contributed by atoms with Crippen LogP contribution in [0.5, 0.6) is 0 Å². The van der Waals surface area contributed by atoms with Gasteiger partial charge in [0.1, 0.15) is 17.6 Å². The number of nitrogens with one attached hydrogen (secondary N) is 2. The van der Waals surface area contributed by atoms with Gasteiger partial charge in [-0.25, -0.2) is 4.79 Å². The molecule has 4 amide bonds. The van der Waals surface area contributed by atoms with Crippen LogP contribution in [0.25, 0.3) is 0 Å². The van der Waals surface area contributed by atoms with Crippen molar-refractivity contribution in [3.63, 3.8) is 0 Å². The molecule has 1 aliphatic carbocycles. The Morgan fingerprint density at radius 2 is 2.03 bits per heavy atom. The molecule has 1 aromatic carbocycles. The zero-order chi connectivity index (χ0) is 22.2. The summed E-state index contributed by atoms with van der Waals surface area (Å²) >= 11 is 2.94. The Labute approximate surface area is 189 Å². The molecule has 2 aromatic rings. The van der Waals surface area contributed by atoms with E-state index in [1.54, 1.807) is 17.6 Å². The minimum absolute atomic E-state index is 0.0483. The van der Waals surface area contributed by atoms with Gasteiger partial charge in [-0.05, 0) is 54.9 Å². The first kappa shape index (κ1) is 21.8. The number of hydrogen-bond donors (Lipinski definition) is 2. The van der Waals surface area contributed by atoms with Gasteiger partial charge in [0.05, 0.1) is 0 Å². The van der Waals surface area contributed by atoms with Crippen LogP contribution >= 0.6 is 23.1 Å². The third-order valence-electron chi connectivity index (χ3n) is 5.61. The third kappa shape index (κ3) is 4.74. The number of imide groups is 1. The maximum absolute atomic E-state index is 13.2. The average molecular weight is 460 g/mol. The number of urea groups is 1. The van der Waals surface area contributed by atoms with Gasteiger partial charge in [-0.3, -0.25) is 14.5 Å². The molecule has 1 spiro atoms. The van der Waals surface area contributed by atoms with Crippen LogP contribution in [-0.4, -0.2) is 45.0 Å². The van der Waals surface area contributed by atoms with Crippen molar-refractivity contribution < 1.29 is 14.4 Å². The molecule has 1 saturated carbocycles. The summed E-state index contributed by atoms with van der Waals surface area (Å²) in [5, 5.41) is 13.5. The van der Waals surface area contributed by atoms with Gasteiger partial charge in [-0.1, -0.05) is 43.9 Å². The molecule has 1 saturated heterocycles. The van der Waals surface area contributed by atoms with E-state index in [9.17, 15) is 14.4 Å². The lowest BCUT2D eigenvalue weighted by Crippen LogP contribution is -2.54. The second-order valence-electron chi connectivity index (χ2n) is 9.14. The Bertz CT molecular complexity index is 993. The number of nitrogens with zero attached hydrogens (tertiary/aromatic N) is 3. The number of anilines is 1. The van der Waals surface area contributed by atoms with Gasteiger partial charge in [-0.15, -0.1) is 10.2 Å². The van der Waals surface area contributed by atoms with Crippen LogP contribution in [0.1, 0.15) is 40.0 Å². The summed E-state index contributed by atoms with van der Waals surface area (Å²) in [6, 6.07) is 6.81. The third-order valence-corrected chi connectivity index (χ3v) is 7.39. The number of carbonyl (C=O) groups excluding carboxylic acids is 3. The molecule has 0 radical (unpaired) electrons. The van der Waals surface area contributed by atoms with Crippen molar-refractivity contribution >= 4 is 46.6 Å². The number of rotatable bonds is 5. The van der Waals surface area contributed by atoms with Crippen LogP contribution in [0, 0.1) is 11.3 Å². The highest BCUT2D eigenvalue weighted by atomic mass is 32.2. The van der Waals surface area contributed by atoms with Crippen molar-refractivity contribution in [3.05, 3.63) is 29.8 Å². The summed E-state index contributed by atoms with van der Waals surface area (Å²) in [7, 11) is 0. The van der Waals surface area contributed by atoms with Crippen LogP contribution < -0.4 is 10.6 Å².